The average molecular weight is 281 g/mol. The Balaban J connectivity index is 1.90. The number of amides is 2. The zero-order valence-corrected chi connectivity index (χ0v) is 11.4. The lowest BCUT2D eigenvalue weighted by molar-refractivity contribution is -0.132. The molecule has 0 unspecified atom stereocenters. The van der Waals surface area contributed by atoms with E-state index in [2.05, 4.69) is 10.5 Å². The van der Waals surface area contributed by atoms with Gasteiger partial charge in [-0.3, -0.25) is 14.8 Å². The molecular formula is C13H19N3O4. The van der Waals surface area contributed by atoms with Crippen molar-refractivity contribution in [3.05, 3.63) is 17.5 Å². The van der Waals surface area contributed by atoms with Crippen LogP contribution in [0, 0.1) is 5.41 Å². The van der Waals surface area contributed by atoms with Gasteiger partial charge in [0.15, 0.2) is 0 Å². The van der Waals surface area contributed by atoms with Crippen LogP contribution in [0.1, 0.15) is 55.3 Å². The minimum atomic E-state index is -0.769. The molecule has 0 radical (unpaired) electrons. The van der Waals surface area contributed by atoms with E-state index < -0.39 is 5.91 Å². The highest BCUT2D eigenvalue weighted by Gasteiger charge is 2.34. The first kappa shape index (κ1) is 14.5. The molecule has 2 rings (SSSR count). The third-order valence-corrected chi connectivity index (χ3v) is 3.82. The van der Waals surface area contributed by atoms with Crippen LogP contribution in [0.25, 0.3) is 0 Å². The van der Waals surface area contributed by atoms with Crippen LogP contribution in [0.3, 0.4) is 0 Å². The number of carbonyl (C=O) groups excluding carboxylic acids is 2. The van der Waals surface area contributed by atoms with E-state index in [-0.39, 0.29) is 23.6 Å². The molecule has 0 aromatic carbocycles. The number of rotatable bonds is 4. The van der Waals surface area contributed by atoms with Crippen molar-refractivity contribution in [1.29, 1.82) is 0 Å². The average Bonchev–Trinajstić information content (AvgIpc) is 2.93. The molecule has 0 bridgehead atoms. The molecule has 1 aromatic heterocycles. The van der Waals surface area contributed by atoms with Gasteiger partial charge < -0.3 is 9.84 Å². The van der Waals surface area contributed by atoms with Gasteiger partial charge in [-0.2, -0.15) is 0 Å². The van der Waals surface area contributed by atoms with Gasteiger partial charge in [0, 0.05) is 11.5 Å². The summed E-state index contributed by atoms with van der Waals surface area (Å²) in [5, 5.41) is 14.9. The number of carbonyl (C=O) groups is 2. The molecule has 2 amide bonds. The Morgan fingerprint density at radius 2 is 2.10 bits per heavy atom. The molecule has 1 aliphatic rings. The fourth-order valence-electron chi connectivity index (χ4n) is 2.50. The summed E-state index contributed by atoms with van der Waals surface area (Å²) in [7, 11) is 0. The standard InChI is InChI=1S/C13H19N3O4/c1-13(5-3-2-4-6-13)12(18)14-8-9-7-10(20-16-9)11(17)15-19/h7,19H,2-6,8H2,1H3,(H,14,18)(H,15,17). The molecule has 0 saturated heterocycles. The van der Waals surface area contributed by atoms with E-state index in [1.807, 2.05) is 6.92 Å². The van der Waals surface area contributed by atoms with Crippen molar-refractivity contribution in [3.63, 3.8) is 0 Å². The number of nitrogens with one attached hydrogen (secondary N) is 2. The van der Waals surface area contributed by atoms with Crippen LogP contribution >= 0.6 is 0 Å². The Bertz CT molecular complexity index is 492. The summed E-state index contributed by atoms with van der Waals surface area (Å²) in [6.07, 6.45) is 5.14. The summed E-state index contributed by atoms with van der Waals surface area (Å²) in [6.45, 7) is 2.19. The Morgan fingerprint density at radius 3 is 2.75 bits per heavy atom. The van der Waals surface area contributed by atoms with Crippen molar-refractivity contribution in [2.24, 2.45) is 5.41 Å². The summed E-state index contributed by atoms with van der Waals surface area (Å²) in [5.74, 6) is -0.858. The second-order valence-electron chi connectivity index (χ2n) is 5.43. The fraction of sp³-hybridized carbons (Fsp3) is 0.615. The number of hydroxylamine groups is 1. The Hall–Kier alpha value is -1.89. The largest absolute Gasteiger partial charge is 0.351 e. The predicted molar refractivity (Wildman–Crippen MR) is 68.8 cm³/mol. The molecule has 0 atom stereocenters. The first-order chi connectivity index (χ1) is 9.55. The molecule has 20 heavy (non-hydrogen) atoms. The quantitative estimate of drug-likeness (QED) is 0.571. The van der Waals surface area contributed by atoms with Crippen LogP contribution in [0.4, 0.5) is 0 Å². The van der Waals surface area contributed by atoms with E-state index in [0.717, 1.165) is 25.7 Å². The van der Waals surface area contributed by atoms with Crippen LogP contribution in [0.5, 0.6) is 0 Å². The lowest BCUT2D eigenvalue weighted by Crippen LogP contribution is -2.39. The third-order valence-electron chi connectivity index (χ3n) is 3.82. The van der Waals surface area contributed by atoms with E-state index >= 15 is 0 Å². The molecule has 110 valence electrons. The van der Waals surface area contributed by atoms with Gasteiger partial charge in [-0.1, -0.05) is 31.3 Å². The Kier molecular flexibility index (Phi) is 4.39. The molecular weight excluding hydrogens is 262 g/mol. The molecule has 0 spiro atoms. The Labute approximate surface area is 116 Å². The van der Waals surface area contributed by atoms with Crippen molar-refractivity contribution < 1.29 is 19.3 Å². The van der Waals surface area contributed by atoms with Crippen LogP contribution in [-0.4, -0.2) is 22.2 Å². The van der Waals surface area contributed by atoms with Crippen LogP contribution < -0.4 is 10.8 Å². The zero-order valence-electron chi connectivity index (χ0n) is 11.4. The lowest BCUT2D eigenvalue weighted by atomic mass is 9.75. The summed E-state index contributed by atoms with van der Waals surface area (Å²) in [4.78, 5) is 23.3. The molecule has 7 heteroatoms. The maximum atomic E-state index is 12.2. The van der Waals surface area contributed by atoms with Gasteiger partial charge in [-0.05, 0) is 12.8 Å². The second kappa shape index (κ2) is 6.04. The predicted octanol–water partition coefficient (Wildman–Crippen LogP) is 1.38. The number of aromatic nitrogens is 1. The molecule has 1 heterocycles. The molecule has 1 aromatic rings. The molecule has 0 aliphatic heterocycles. The summed E-state index contributed by atoms with van der Waals surface area (Å²) >= 11 is 0. The van der Waals surface area contributed by atoms with Crippen molar-refractivity contribution in [3.8, 4) is 0 Å². The molecule has 1 saturated carbocycles. The molecule has 3 N–H and O–H groups in total. The van der Waals surface area contributed by atoms with Crippen molar-refractivity contribution in [2.75, 3.05) is 0 Å². The van der Waals surface area contributed by atoms with E-state index in [9.17, 15) is 9.59 Å². The van der Waals surface area contributed by atoms with Gasteiger partial charge in [0.05, 0.1) is 6.54 Å². The van der Waals surface area contributed by atoms with Crippen LogP contribution in [0.2, 0.25) is 0 Å². The van der Waals surface area contributed by atoms with Crippen LogP contribution in [0.15, 0.2) is 10.6 Å². The van der Waals surface area contributed by atoms with E-state index in [1.54, 1.807) is 0 Å². The topological polar surface area (TPSA) is 104 Å². The van der Waals surface area contributed by atoms with E-state index in [0.29, 0.717) is 5.69 Å². The number of hydrogen-bond donors (Lipinski definition) is 3. The summed E-state index contributed by atoms with van der Waals surface area (Å²) in [5.41, 5.74) is 1.59. The maximum absolute atomic E-state index is 12.2. The molecule has 1 aliphatic carbocycles. The fourth-order valence-corrected chi connectivity index (χ4v) is 2.50. The monoisotopic (exact) mass is 281 g/mol. The van der Waals surface area contributed by atoms with Crippen molar-refractivity contribution >= 4 is 11.8 Å². The van der Waals surface area contributed by atoms with Crippen LogP contribution in [-0.2, 0) is 11.3 Å². The van der Waals surface area contributed by atoms with Gasteiger partial charge in [-0.25, -0.2) is 5.48 Å². The van der Waals surface area contributed by atoms with Crippen molar-refractivity contribution in [2.45, 2.75) is 45.6 Å². The zero-order chi connectivity index (χ0) is 14.6. The SMILES string of the molecule is CC1(C(=O)NCc2cc(C(=O)NO)on2)CCCCC1. The molecule has 1 fully saturated rings. The van der Waals surface area contributed by atoms with Gasteiger partial charge >= 0.3 is 5.91 Å². The normalized spacial score (nSPS) is 17.5. The summed E-state index contributed by atoms with van der Waals surface area (Å²) < 4.78 is 4.75. The lowest BCUT2D eigenvalue weighted by Gasteiger charge is -2.31. The highest BCUT2D eigenvalue weighted by molar-refractivity contribution is 5.90. The minimum absolute atomic E-state index is 0.00774. The Morgan fingerprint density at radius 1 is 1.40 bits per heavy atom. The van der Waals surface area contributed by atoms with Crippen molar-refractivity contribution in [1.82, 2.24) is 16.0 Å². The van der Waals surface area contributed by atoms with Gasteiger partial charge in [-0.15, -0.1) is 0 Å². The highest BCUT2D eigenvalue weighted by Crippen LogP contribution is 2.35. The second-order valence-corrected chi connectivity index (χ2v) is 5.43. The highest BCUT2D eigenvalue weighted by atomic mass is 16.5. The summed E-state index contributed by atoms with van der Waals surface area (Å²) in [6, 6.07) is 1.38. The van der Waals surface area contributed by atoms with Gasteiger partial charge in [0.25, 0.3) is 0 Å². The van der Waals surface area contributed by atoms with Gasteiger partial charge in [0.1, 0.15) is 5.69 Å². The number of hydrogen-bond acceptors (Lipinski definition) is 5. The first-order valence-electron chi connectivity index (χ1n) is 6.73. The van der Waals surface area contributed by atoms with E-state index in [1.165, 1.54) is 18.0 Å². The number of nitrogens with zero attached hydrogens (tertiary/aromatic N) is 1. The van der Waals surface area contributed by atoms with Gasteiger partial charge in [0.2, 0.25) is 11.7 Å². The van der Waals surface area contributed by atoms with E-state index in [4.69, 9.17) is 9.73 Å². The molecule has 7 nitrogen and oxygen atoms in total. The third kappa shape index (κ3) is 3.16. The first-order valence-corrected chi connectivity index (χ1v) is 6.73. The minimum Gasteiger partial charge on any atom is -0.351 e. The smallest absolute Gasteiger partial charge is 0.313 e. The maximum Gasteiger partial charge on any atom is 0.313 e.